The van der Waals surface area contributed by atoms with Gasteiger partial charge in [0.2, 0.25) is 0 Å². The van der Waals surface area contributed by atoms with Crippen LogP contribution >= 0.6 is 0 Å². The van der Waals surface area contributed by atoms with Gasteiger partial charge in [0.05, 0.1) is 24.5 Å². The van der Waals surface area contributed by atoms with E-state index in [4.69, 9.17) is 9.26 Å². The number of amides is 1. The Labute approximate surface area is 153 Å². The third-order valence-electron chi connectivity index (χ3n) is 4.55. The number of hydrogen-bond acceptors (Lipinski definition) is 6. The summed E-state index contributed by atoms with van der Waals surface area (Å²) >= 11 is 0. The van der Waals surface area contributed by atoms with E-state index in [2.05, 4.69) is 10.1 Å². The van der Waals surface area contributed by atoms with Crippen molar-refractivity contribution >= 4 is 11.7 Å². The minimum atomic E-state index is -0.240. The maximum absolute atomic E-state index is 13.1. The van der Waals surface area contributed by atoms with Crippen LogP contribution in [0.4, 0.5) is 5.82 Å². The van der Waals surface area contributed by atoms with E-state index in [1.54, 1.807) is 6.92 Å². The molecule has 7 heteroatoms. The lowest BCUT2D eigenvalue weighted by molar-refractivity contribution is -0.0247. The molecular formula is C19H26N4O3. The molecule has 1 atom stereocenters. The van der Waals surface area contributed by atoms with E-state index in [1.165, 1.54) is 0 Å². The number of aryl methyl sites for hydroxylation is 1. The molecule has 0 radical (unpaired) electrons. The molecule has 3 rings (SSSR count). The molecule has 3 heterocycles. The number of nitrogens with zero attached hydrogens (tertiary/aromatic N) is 4. The van der Waals surface area contributed by atoms with Crippen molar-refractivity contribution < 1.29 is 14.1 Å². The molecule has 0 aromatic carbocycles. The van der Waals surface area contributed by atoms with Gasteiger partial charge in [-0.05, 0) is 25.0 Å². The molecule has 0 unspecified atom stereocenters. The predicted molar refractivity (Wildman–Crippen MR) is 98.5 cm³/mol. The molecule has 0 saturated carbocycles. The molecule has 26 heavy (non-hydrogen) atoms. The minimum absolute atomic E-state index is 0.0514. The summed E-state index contributed by atoms with van der Waals surface area (Å²) in [5, 5.41) is 4.07. The molecule has 0 spiro atoms. The van der Waals surface area contributed by atoms with Gasteiger partial charge in [-0.1, -0.05) is 25.1 Å². The van der Waals surface area contributed by atoms with E-state index in [0.29, 0.717) is 36.7 Å². The Kier molecular flexibility index (Phi) is 5.27. The summed E-state index contributed by atoms with van der Waals surface area (Å²) in [6.07, 6.45) is -0.240. The normalized spacial score (nSPS) is 17.6. The SMILES string of the molecule is Cc1onc(C(C)C)c1C(=O)N1CCO[C@H](c2cccc(N(C)C)n2)C1. The fraction of sp³-hybridized carbons (Fsp3) is 0.526. The molecule has 1 aliphatic rings. The van der Waals surface area contributed by atoms with Crippen LogP contribution in [0.2, 0.25) is 0 Å². The first kappa shape index (κ1) is 18.4. The second kappa shape index (κ2) is 7.45. The Morgan fingerprint density at radius 2 is 2.12 bits per heavy atom. The van der Waals surface area contributed by atoms with Crippen LogP contribution in [-0.4, -0.2) is 54.7 Å². The van der Waals surface area contributed by atoms with Crippen molar-refractivity contribution in [1.82, 2.24) is 15.0 Å². The number of anilines is 1. The Hall–Kier alpha value is -2.41. The Morgan fingerprint density at radius 3 is 2.81 bits per heavy atom. The van der Waals surface area contributed by atoms with Crippen LogP contribution in [0, 0.1) is 6.92 Å². The van der Waals surface area contributed by atoms with Crippen LogP contribution in [0.3, 0.4) is 0 Å². The molecule has 2 aromatic heterocycles. The molecule has 0 aliphatic carbocycles. The van der Waals surface area contributed by atoms with Crippen molar-refractivity contribution in [2.24, 2.45) is 0 Å². The number of ether oxygens (including phenoxy) is 1. The van der Waals surface area contributed by atoms with Gasteiger partial charge in [0.1, 0.15) is 23.2 Å². The van der Waals surface area contributed by atoms with Crippen LogP contribution < -0.4 is 4.90 Å². The molecular weight excluding hydrogens is 332 g/mol. The largest absolute Gasteiger partial charge is 0.368 e. The smallest absolute Gasteiger partial charge is 0.259 e. The highest BCUT2D eigenvalue weighted by atomic mass is 16.5. The number of aromatic nitrogens is 2. The maximum atomic E-state index is 13.1. The summed E-state index contributed by atoms with van der Waals surface area (Å²) in [7, 11) is 3.90. The first-order valence-electron chi connectivity index (χ1n) is 8.89. The average molecular weight is 358 g/mol. The Morgan fingerprint density at radius 1 is 1.35 bits per heavy atom. The van der Waals surface area contributed by atoms with Crippen LogP contribution in [-0.2, 0) is 4.74 Å². The highest BCUT2D eigenvalue weighted by Crippen LogP contribution is 2.27. The van der Waals surface area contributed by atoms with Gasteiger partial charge < -0.3 is 19.1 Å². The quantitative estimate of drug-likeness (QED) is 0.837. The molecule has 1 saturated heterocycles. The van der Waals surface area contributed by atoms with Crippen LogP contribution in [0.1, 0.15) is 53.4 Å². The van der Waals surface area contributed by atoms with Gasteiger partial charge in [-0.2, -0.15) is 0 Å². The second-order valence-corrected chi connectivity index (χ2v) is 7.08. The fourth-order valence-electron chi connectivity index (χ4n) is 3.08. The van der Waals surface area contributed by atoms with Gasteiger partial charge in [-0.25, -0.2) is 4.98 Å². The zero-order valence-corrected chi connectivity index (χ0v) is 16.0. The van der Waals surface area contributed by atoms with E-state index in [-0.39, 0.29) is 17.9 Å². The summed E-state index contributed by atoms with van der Waals surface area (Å²) in [6.45, 7) is 7.28. The Bertz CT molecular complexity index is 785. The van der Waals surface area contributed by atoms with Gasteiger partial charge in [0.25, 0.3) is 5.91 Å². The van der Waals surface area contributed by atoms with E-state index in [0.717, 1.165) is 11.5 Å². The first-order chi connectivity index (χ1) is 12.4. The van der Waals surface area contributed by atoms with Crippen molar-refractivity contribution in [1.29, 1.82) is 0 Å². The summed E-state index contributed by atoms with van der Waals surface area (Å²) in [5.41, 5.74) is 2.12. The van der Waals surface area contributed by atoms with Crippen LogP contribution in [0.15, 0.2) is 22.7 Å². The molecule has 2 aromatic rings. The third kappa shape index (κ3) is 3.58. The van der Waals surface area contributed by atoms with Gasteiger partial charge in [-0.15, -0.1) is 0 Å². The Balaban J connectivity index is 1.82. The summed E-state index contributed by atoms with van der Waals surface area (Å²) in [5.74, 6) is 1.51. The number of carbonyl (C=O) groups is 1. The van der Waals surface area contributed by atoms with Gasteiger partial charge in [0.15, 0.2) is 0 Å². The van der Waals surface area contributed by atoms with Crippen LogP contribution in [0.25, 0.3) is 0 Å². The van der Waals surface area contributed by atoms with Crippen LogP contribution in [0.5, 0.6) is 0 Å². The zero-order chi connectivity index (χ0) is 18.8. The highest BCUT2D eigenvalue weighted by molar-refractivity contribution is 5.96. The van der Waals surface area contributed by atoms with Gasteiger partial charge in [0, 0.05) is 20.6 Å². The summed E-state index contributed by atoms with van der Waals surface area (Å²) in [6, 6.07) is 5.85. The number of carbonyl (C=O) groups excluding carboxylic acids is 1. The number of morpholine rings is 1. The molecule has 7 nitrogen and oxygen atoms in total. The lowest BCUT2D eigenvalue weighted by Gasteiger charge is -2.33. The molecule has 1 aliphatic heterocycles. The topological polar surface area (TPSA) is 71.7 Å². The molecule has 1 fully saturated rings. The molecule has 0 N–H and O–H groups in total. The highest BCUT2D eigenvalue weighted by Gasteiger charge is 2.31. The minimum Gasteiger partial charge on any atom is -0.368 e. The standard InChI is InChI=1S/C19H26N4O3/c1-12(2)18-17(13(3)26-21-18)19(24)23-9-10-25-15(11-23)14-7-6-8-16(20-14)22(4)5/h6-8,12,15H,9-11H2,1-5H3/t15-/m0/s1. The monoisotopic (exact) mass is 358 g/mol. The van der Waals surface area contributed by atoms with Crippen molar-refractivity contribution in [2.75, 3.05) is 38.7 Å². The summed E-state index contributed by atoms with van der Waals surface area (Å²) < 4.78 is 11.2. The van der Waals surface area contributed by atoms with Crippen molar-refractivity contribution in [3.63, 3.8) is 0 Å². The average Bonchev–Trinajstić information content (AvgIpc) is 3.03. The van der Waals surface area contributed by atoms with E-state index in [1.807, 2.05) is 55.9 Å². The number of hydrogen-bond donors (Lipinski definition) is 0. The van der Waals surface area contributed by atoms with E-state index >= 15 is 0 Å². The molecule has 1 amide bonds. The number of pyridine rings is 1. The van der Waals surface area contributed by atoms with Crippen molar-refractivity contribution in [3.8, 4) is 0 Å². The van der Waals surface area contributed by atoms with E-state index in [9.17, 15) is 4.79 Å². The maximum Gasteiger partial charge on any atom is 0.259 e. The third-order valence-corrected chi connectivity index (χ3v) is 4.55. The fourth-order valence-corrected chi connectivity index (χ4v) is 3.08. The number of rotatable bonds is 4. The van der Waals surface area contributed by atoms with Gasteiger partial charge >= 0.3 is 0 Å². The van der Waals surface area contributed by atoms with Crippen molar-refractivity contribution in [2.45, 2.75) is 32.8 Å². The van der Waals surface area contributed by atoms with Gasteiger partial charge in [-0.3, -0.25) is 4.79 Å². The lowest BCUT2D eigenvalue weighted by Crippen LogP contribution is -2.43. The molecule has 140 valence electrons. The lowest BCUT2D eigenvalue weighted by atomic mass is 10.0. The predicted octanol–water partition coefficient (Wildman–Crippen LogP) is 2.78. The van der Waals surface area contributed by atoms with E-state index < -0.39 is 0 Å². The molecule has 0 bridgehead atoms. The second-order valence-electron chi connectivity index (χ2n) is 7.08. The van der Waals surface area contributed by atoms with Crippen molar-refractivity contribution in [3.05, 3.63) is 40.9 Å². The summed E-state index contributed by atoms with van der Waals surface area (Å²) in [4.78, 5) is 21.5. The zero-order valence-electron chi connectivity index (χ0n) is 16.0. The first-order valence-corrected chi connectivity index (χ1v) is 8.89.